The van der Waals surface area contributed by atoms with Crippen molar-refractivity contribution in [3.05, 3.63) is 137 Å². The van der Waals surface area contributed by atoms with Crippen molar-refractivity contribution in [2.45, 2.75) is 47.5 Å². The lowest BCUT2D eigenvalue weighted by atomic mass is 9.97. The Labute approximate surface area is 229 Å². The summed E-state index contributed by atoms with van der Waals surface area (Å²) in [4.78, 5) is 4.82. The molecule has 2 nitrogen and oxygen atoms in total. The van der Waals surface area contributed by atoms with Crippen molar-refractivity contribution < 1.29 is 0 Å². The topological polar surface area (TPSA) is 6.48 Å². The zero-order valence-electron chi connectivity index (χ0n) is 23.7. The highest BCUT2D eigenvalue weighted by molar-refractivity contribution is 5.86. The molecular formula is C36H40N2. The van der Waals surface area contributed by atoms with E-state index in [2.05, 4.69) is 161 Å². The fourth-order valence-electron chi connectivity index (χ4n) is 5.16. The van der Waals surface area contributed by atoms with E-state index in [1.807, 2.05) is 0 Å². The lowest BCUT2D eigenvalue weighted by Crippen LogP contribution is -2.19. The zero-order chi connectivity index (χ0) is 27.1. The third-order valence-electron chi connectivity index (χ3n) is 7.23. The molecule has 0 aliphatic heterocycles. The Balaban J connectivity index is 2.05. The Morgan fingerprint density at radius 3 is 1.61 bits per heavy atom. The molecule has 0 saturated carbocycles. The summed E-state index contributed by atoms with van der Waals surface area (Å²) in [7, 11) is 2.19. The predicted molar refractivity (Wildman–Crippen MR) is 166 cm³/mol. The smallest absolute Gasteiger partial charge is 0.0546 e. The highest BCUT2D eigenvalue weighted by Crippen LogP contribution is 2.44. The van der Waals surface area contributed by atoms with Crippen molar-refractivity contribution in [3.63, 3.8) is 0 Å². The number of anilines is 5. The second kappa shape index (κ2) is 12.5. The SMILES string of the molecule is CCc1ccc(N(C)c2ccccc2C)c(CC)c1N(c1ccccc(C)cccc1)c1ccccc1C. The molecule has 0 heterocycles. The molecule has 0 bridgehead atoms. The van der Waals surface area contributed by atoms with Crippen LogP contribution in [0.5, 0.6) is 0 Å². The van der Waals surface area contributed by atoms with E-state index < -0.39 is 0 Å². The average molecular weight is 501 g/mol. The van der Waals surface area contributed by atoms with Crippen LogP contribution in [-0.2, 0) is 12.8 Å². The van der Waals surface area contributed by atoms with Gasteiger partial charge in [-0.15, -0.1) is 0 Å². The quantitative estimate of drug-likeness (QED) is 0.249. The first-order valence-electron chi connectivity index (χ1n) is 13.7. The standard InChI is InChI=1S/C36H40N2/c1-7-30-25-26-35(37(6)33-23-15-11-19-28(33)4)32(8-2)36(30)38(34-24-16-12-20-29(34)5)31-21-13-9-17-27(3)18-10-14-22-31/h9-26H,7-8H2,1-6H3. The number of hydrogen-bond acceptors (Lipinski definition) is 2. The maximum atomic E-state index is 2.47. The molecule has 0 aliphatic rings. The van der Waals surface area contributed by atoms with Crippen LogP contribution < -0.4 is 9.80 Å². The summed E-state index contributed by atoms with van der Waals surface area (Å²) in [6.07, 6.45) is 1.87. The minimum absolute atomic E-state index is 0.922. The first-order chi connectivity index (χ1) is 18.5. The number of para-hydroxylation sites is 2. The first kappa shape index (κ1) is 27.0. The molecule has 194 valence electrons. The minimum Gasteiger partial charge on any atom is -0.344 e. The Hall–Kier alpha value is -4.04. The van der Waals surface area contributed by atoms with E-state index in [1.54, 1.807) is 0 Å². The predicted octanol–water partition coefficient (Wildman–Crippen LogP) is 10.1. The second-order valence-corrected chi connectivity index (χ2v) is 9.85. The summed E-state index contributed by atoms with van der Waals surface area (Å²) in [6, 6.07) is 39.2. The molecule has 0 aromatic heterocycles. The van der Waals surface area contributed by atoms with Gasteiger partial charge >= 0.3 is 0 Å². The van der Waals surface area contributed by atoms with E-state index in [-0.39, 0.29) is 0 Å². The molecular weight excluding hydrogens is 460 g/mol. The van der Waals surface area contributed by atoms with Crippen molar-refractivity contribution in [2.75, 3.05) is 16.8 Å². The van der Waals surface area contributed by atoms with E-state index in [9.17, 15) is 0 Å². The van der Waals surface area contributed by atoms with Crippen LogP contribution >= 0.6 is 0 Å². The third-order valence-corrected chi connectivity index (χ3v) is 7.23. The fraction of sp³-hybridized carbons (Fsp3) is 0.222. The summed E-state index contributed by atoms with van der Waals surface area (Å²) in [5, 5.41) is 0. The Morgan fingerprint density at radius 2 is 1.05 bits per heavy atom. The van der Waals surface area contributed by atoms with Gasteiger partial charge in [-0.25, -0.2) is 0 Å². The summed E-state index contributed by atoms with van der Waals surface area (Å²) < 4.78 is 0. The monoisotopic (exact) mass is 500 g/mol. The van der Waals surface area contributed by atoms with Gasteiger partial charge in [0.2, 0.25) is 0 Å². The fourth-order valence-corrected chi connectivity index (χ4v) is 5.16. The van der Waals surface area contributed by atoms with Gasteiger partial charge in [0, 0.05) is 29.8 Å². The number of nitrogens with zero attached hydrogens (tertiary/aromatic N) is 2. The molecule has 0 aliphatic carbocycles. The summed E-state index contributed by atoms with van der Waals surface area (Å²) in [6.45, 7) is 11.0. The van der Waals surface area contributed by atoms with Crippen LogP contribution in [0.15, 0.2) is 109 Å². The Kier molecular flexibility index (Phi) is 8.86. The average Bonchev–Trinajstić information content (AvgIpc) is 2.93. The lowest BCUT2D eigenvalue weighted by molar-refractivity contribution is 1.04. The molecule has 2 heteroatoms. The molecule has 0 fully saturated rings. The van der Waals surface area contributed by atoms with E-state index >= 15 is 0 Å². The van der Waals surface area contributed by atoms with Crippen molar-refractivity contribution in [2.24, 2.45) is 0 Å². The molecule has 0 unspecified atom stereocenters. The minimum atomic E-state index is 0.922. The van der Waals surface area contributed by atoms with Crippen LogP contribution in [0.4, 0.5) is 28.4 Å². The van der Waals surface area contributed by atoms with Crippen LogP contribution in [0.25, 0.3) is 0 Å². The summed E-state index contributed by atoms with van der Waals surface area (Å²) >= 11 is 0. The van der Waals surface area contributed by atoms with Crippen LogP contribution in [-0.4, -0.2) is 7.05 Å². The van der Waals surface area contributed by atoms with Crippen molar-refractivity contribution in [1.82, 2.24) is 0 Å². The van der Waals surface area contributed by atoms with E-state index in [1.165, 1.54) is 50.6 Å². The molecule has 4 aromatic rings. The zero-order valence-corrected chi connectivity index (χ0v) is 23.7. The molecule has 0 atom stereocenters. The second-order valence-electron chi connectivity index (χ2n) is 9.85. The van der Waals surface area contributed by atoms with Gasteiger partial charge in [-0.05, 0) is 86.2 Å². The largest absolute Gasteiger partial charge is 0.344 e. The maximum Gasteiger partial charge on any atom is 0.0546 e. The molecule has 0 saturated heterocycles. The molecule has 0 spiro atoms. The molecule has 4 rings (SSSR count). The third kappa shape index (κ3) is 5.75. The molecule has 4 aromatic carbocycles. The van der Waals surface area contributed by atoms with E-state index in [4.69, 9.17) is 0 Å². The van der Waals surface area contributed by atoms with Crippen LogP contribution in [0.3, 0.4) is 0 Å². The normalized spacial score (nSPS) is 10.6. The van der Waals surface area contributed by atoms with Gasteiger partial charge in [-0.1, -0.05) is 98.3 Å². The van der Waals surface area contributed by atoms with Gasteiger partial charge < -0.3 is 9.80 Å². The Morgan fingerprint density at radius 1 is 0.526 bits per heavy atom. The van der Waals surface area contributed by atoms with Gasteiger partial charge in [0.15, 0.2) is 0 Å². The van der Waals surface area contributed by atoms with E-state index in [0.29, 0.717) is 0 Å². The van der Waals surface area contributed by atoms with Crippen LogP contribution in [0.1, 0.15) is 41.7 Å². The van der Waals surface area contributed by atoms with Gasteiger partial charge in [-0.2, -0.15) is 0 Å². The first-order valence-corrected chi connectivity index (χ1v) is 13.7. The van der Waals surface area contributed by atoms with Gasteiger partial charge in [0.1, 0.15) is 0 Å². The number of benzene rings is 3. The van der Waals surface area contributed by atoms with Gasteiger partial charge in [-0.3, -0.25) is 0 Å². The van der Waals surface area contributed by atoms with Crippen LogP contribution in [0.2, 0.25) is 0 Å². The number of aryl methyl sites for hydroxylation is 4. The molecule has 0 radical (unpaired) electrons. The van der Waals surface area contributed by atoms with Gasteiger partial charge in [0.05, 0.1) is 5.69 Å². The van der Waals surface area contributed by atoms with Gasteiger partial charge in [0.25, 0.3) is 0 Å². The summed E-state index contributed by atoms with van der Waals surface area (Å²) in [5.74, 6) is 0. The highest BCUT2D eigenvalue weighted by atomic mass is 15.2. The lowest BCUT2D eigenvalue weighted by Gasteiger charge is -2.33. The number of hydrogen-bond donors (Lipinski definition) is 0. The molecule has 0 N–H and O–H groups in total. The van der Waals surface area contributed by atoms with Crippen molar-refractivity contribution in [1.29, 1.82) is 0 Å². The van der Waals surface area contributed by atoms with Crippen LogP contribution in [0, 0.1) is 20.8 Å². The number of rotatable bonds is 7. The maximum absolute atomic E-state index is 2.47. The van der Waals surface area contributed by atoms with Crippen molar-refractivity contribution in [3.8, 4) is 0 Å². The molecule has 0 amide bonds. The molecule has 38 heavy (non-hydrogen) atoms. The van der Waals surface area contributed by atoms with E-state index in [0.717, 1.165) is 18.5 Å². The van der Waals surface area contributed by atoms with Crippen molar-refractivity contribution >= 4 is 28.4 Å². The summed E-state index contributed by atoms with van der Waals surface area (Å²) in [5.41, 5.74) is 12.5. The Bertz CT molecular complexity index is 1420. The highest BCUT2D eigenvalue weighted by Gasteiger charge is 2.23.